The van der Waals surface area contributed by atoms with Gasteiger partial charge in [-0.05, 0) is 42.5 Å². The van der Waals surface area contributed by atoms with Crippen LogP contribution in [0.1, 0.15) is 24.0 Å². The molecule has 2 unspecified atom stereocenters. The van der Waals surface area contributed by atoms with Crippen LogP contribution in [0, 0.1) is 11.8 Å². The highest BCUT2D eigenvalue weighted by Crippen LogP contribution is 2.62. The second-order valence-electron chi connectivity index (χ2n) is 6.51. The van der Waals surface area contributed by atoms with Gasteiger partial charge in [0, 0.05) is 41.4 Å². The number of amides is 1. The molecule has 0 bridgehead atoms. The Morgan fingerprint density at radius 2 is 2.25 bits per heavy atom. The fourth-order valence-corrected chi connectivity index (χ4v) is 4.44. The number of fused-ring (bicyclic) bond motifs is 2. The van der Waals surface area contributed by atoms with E-state index in [1.807, 2.05) is 4.90 Å². The highest BCUT2D eigenvalue weighted by molar-refractivity contribution is 9.10. The van der Waals surface area contributed by atoms with E-state index in [0.717, 1.165) is 36.8 Å². The molecule has 2 fully saturated rings. The van der Waals surface area contributed by atoms with E-state index in [9.17, 15) is 4.79 Å². The minimum Gasteiger partial charge on any atom is -0.396 e. The zero-order valence-corrected chi connectivity index (χ0v) is 12.9. The third kappa shape index (κ3) is 1.70. The van der Waals surface area contributed by atoms with Crippen LogP contribution in [0.4, 0.5) is 0 Å². The standard InChI is InChI=1S/C16H18BrNO2/c17-12-1-2-13-11(5-12)3-4-16(13)6-14(16)15(20)18-7-10(8-18)9-19/h1-2,5,10,14,19H,3-4,6-9H2. The number of halogens is 1. The van der Waals surface area contributed by atoms with Gasteiger partial charge in [0.15, 0.2) is 0 Å². The molecule has 0 aromatic heterocycles. The van der Waals surface area contributed by atoms with E-state index in [-0.39, 0.29) is 17.9 Å². The van der Waals surface area contributed by atoms with Gasteiger partial charge >= 0.3 is 0 Å². The van der Waals surface area contributed by atoms with E-state index in [1.54, 1.807) is 0 Å². The van der Waals surface area contributed by atoms with Crippen LogP contribution in [0.25, 0.3) is 0 Å². The number of likely N-dealkylation sites (tertiary alicyclic amines) is 1. The average Bonchev–Trinajstić information content (AvgIpc) is 3.00. The van der Waals surface area contributed by atoms with Crippen molar-refractivity contribution in [3.8, 4) is 0 Å². The number of aliphatic hydroxyl groups excluding tert-OH is 1. The molecule has 106 valence electrons. The Kier molecular flexibility index (Phi) is 2.77. The minimum absolute atomic E-state index is 0.136. The van der Waals surface area contributed by atoms with Crippen molar-refractivity contribution in [3.05, 3.63) is 33.8 Å². The number of aryl methyl sites for hydroxylation is 1. The number of hydrogen-bond acceptors (Lipinski definition) is 2. The lowest BCUT2D eigenvalue weighted by Gasteiger charge is -2.38. The summed E-state index contributed by atoms with van der Waals surface area (Å²) in [6.45, 7) is 1.70. The van der Waals surface area contributed by atoms with Crippen molar-refractivity contribution in [2.45, 2.75) is 24.7 Å². The van der Waals surface area contributed by atoms with Crippen molar-refractivity contribution in [2.24, 2.45) is 11.8 Å². The van der Waals surface area contributed by atoms with Gasteiger partial charge in [-0.3, -0.25) is 4.79 Å². The number of carbonyl (C=O) groups excluding carboxylic acids is 1. The Balaban J connectivity index is 1.52. The first kappa shape index (κ1) is 12.8. The Hall–Kier alpha value is -0.870. The topological polar surface area (TPSA) is 40.5 Å². The number of rotatable bonds is 2. The van der Waals surface area contributed by atoms with Crippen LogP contribution in [-0.2, 0) is 16.6 Å². The first-order valence-corrected chi connectivity index (χ1v) is 8.12. The molecule has 1 spiro atoms. The molecule has 3 nitrogen and oxygen atoms in total. The minimum atomic E-state index is 0.136. The zero-order valence-electron chi connectivity index (χ0n) is 11.3. The van der Waals surface area contributed by atoms with Crippen LogP contribution in [-0.4, -0.2) is 35.6 Å². The maximum atomic E-state index is 12.5. The molecule has 1 aromatic carbocycles. The summed E-state index contributed by atoms with van der Waals surface area (Å²) in [5, 5.41) is 9.06. The second-order valence-corrected chi connectivity index (χ2v) is 7.42. The molecular weight excluding hydrogens is 318 g/mol. The van der Waals surface area contributed by atoms with Gasteiger partial charge in [0.2, 0.25) is 5.91 Å². The van der Waals surface area contributed by atoms with E-state index >= 15 is 0 Å². The number of aliphatic hydroxyl groups is 1. The summed E-state index contributed by atoms with van der Waals surface area (Å²) >= 11 is 3.53. The largest absolute Gasteiger partial charge is 0.396 e. The Morgan fingerprint density at radius 3 is 3.00 bits per heavy atom. The van der Waals surface area contributed by atoms with Crippen molar-refractivity contribution in [3.63, 3.8) is 0 Å². The van der Waals surface area contributed by atoms with Gasteiger partial charge in [0.05, 0.1) is 0 Å². The number of carbonyl (C=O) groups is 1. The number of hydrogen-bond donors (Lipinski definition) is 1. The Morgan fingerprint density at radius 1 is 1.45 bits per heavy atom. The average molecular weight is 336 g/mol. The third-order valence-electron chi connectivity index (χ3n) is 5.34. The molecule has 20 heavy (non-hydrogen) atoms. The molecule has 2 aliphatic carbocycles. The maximum absolute atomic E-state index is 12.5. The van der Waals surface area contributed by atoms with Gasteiger partial charge in [-0.25, -0.2) is 0 Å². The van der Waals surface area contributed by atoms with E-state index in [0.29, 0.717) is 11.8 Å². The van der Waals surface area contributed by atoms with Gasteiger partial charge in [-0.15, -0.1) is 0 Å². The molecule has 4 rings (SSSR count). The predicted molar refractivity (Wildman–Crippen MR) is 79.4 cm³/mol. The van der Waals surface area contributed by atoms with Crippen LogP contribution in [0.15, 0.2) is 22.7 Å². The van der Waals surface area contributed by atoms with Gasteiger partial charge in [-0.1, -0.05) is 22.0 Å². The summed E-state index contributed by atoms with van der Waals surface area (Å²) in [5.74, 6) is 0.801. The predicted octanol–water partition coefficient (Wildman–Crippen LogP) is 2.10. The summed E-state index contributed by atoms with van der Waals surface area (Å²) < 4.78 is 1.13. The SMILES string of the molecule is O=C(C1CC12CCc1cc(Br)ccc12)N1CC(CO)C1. The smallest absolute Gasteiger partial charge is 0.226 e. The van der Waals surface area contributed by atoms with Crippen molar-refractivity contribution in [2.75, 3.05) is 19.7 Å². The van der Waals surface area contributed by atoms with E-state index in [4.69, 9.17) is 5.11 Å². The first-order chi connectivity index (χ1) is 9.64. The van der Waals surface area contributed by atoms with Crippen molar-refractivity contribution in [1.29, 1.82) is 0 Å². The van der Waals surface area contributed by atoms with Gasteiger partial charge in [-0.2, -0.15) is 0 Å². The first-order valence-electron chi connectivity index (χ1n) is 7.32. The summed E-state index contributed by atoms with van der Waals surface area (Å²) in [7, 11) is 0. The van der Waals surface area contributed by atoms with Gasteiger partial charge in [0.25, 0.3) is 0 Å². The highest BCUT2D eigenvalue weighted by atomic mass is 79.9. The molecule has 2 atom stereocenters. The summed E-state index contributed by atoms with van der Waals surface area (Å²) in [6.07, 6.45) is 3.23. The normalized spacial score (nSPS) is 31.3. The monoisotopic (exact) mass is 335 g/mol. The Bertz CT molecular complexity index is 582. The summed E-state index contributed by atoms with van der Waals surface area (Å²) in [5.41, 5.74) is 2.95. The lowest BCUT2D eigenvalue weighted by Crippen LogP contribution is -2.52. The van der Waals surface area contributed by atoms with Crippen molar-refractivity contribution in [1.82, 2.24) is 4.90 Å². The highest BCUT2D eigenvalue weighted by Gasteiger charge is 2.62. The molecule has 4 heteroatoms. The lowest BCUT2D eigenvalue weighted by atomic mass is 9.93. The molecular formula is C16H18BrNO2. The molecule has 3 aliphatic rings. The molecule has 1 saturated heterocycles. The van der Waals surface area contributed by atoms with E-state index in [1.165, 1.54) is 11.1 Å². The van der Waals surface area contributed by atoms with Gasteiger partial charge in [0.1, 0.15) is 0 Å². The Labute approximate surface area is 127 Å². The second kappa shape index (κ2) is 4.31. The number of nitrogens with zero attached hydrogens (tertiary/aromatic N) is 1. The molecule has 1 heterocycles. The van der Waals surface area contributed by atoms with Crippen LogP contribution in [0.2, 0.25) is 0 Å². The lowest BCUT2D eigenvalue weighted by molar-refractivity contribution is -0.140. The van der Waals surface area contributed by atoms with Crippen molar-refractivity contribution >= 4 is 21.8 Å². The summed E-state index contributed by atoms with van der Waals surface area (Å²) in [4.78, 5) is 14.4. The molecule has 1 N–H and O–H groups in total. The van der Waals surface area contributed by atoms with Crippen LogP contribution < -0.4 is 0 Å². The van der Waals surface area contributed by atoms with Crippen LogP contribution in [0.3, 0.4) is 0 Å². The van der Waals surface area contributed by atoms with Crippen LogP contribution >= 0.6 is 15.9 Å². The van der Waals surface area contributed by atoms with Crippen LogP contribution in [0.5, 0.6) is 0 Å². The maximum Gasteiger partial charge on any atom is 0.226 e. The zero-order chi connectivity index (χ0) is 13.9. The molecule has 0 radical (unpaired) electrons. The fraction of sp³-hybridized carbons (Fsp3) is 0.562. The fourth-order valence-electron chi connectivity index (χ4n) is 4.04. The number of benzene rings is 1. The molecule has 1 aliphatic heterocycles. The summed E-state index contributed by atoms with van der Waals surface area (Å²) in [6, 6.07) is 6.50. The third-order valence-corrected chi connectivity index (χ3v) is 5.84. The van der Waals surface area contributed by atoms with Crippen molar-refractivity contribution < 1.29 is 9.90 Å². The quantitative estimate of drug-likeness (QED) is 0.899. The van der Waals surface area contributed by atoms with Gasteiger partial charge < -0.3 is 10.0 Å². The molecule has 1 saturated carbocycles. The molecule has 1 amide bonds. The van der Waals surface area contributed by atoms with E-state index in [2.05, 4.69) is 34.1 Å². The molecule has 1 aromatic rings. The van der Waals surface area contributed by atoms with E-state index < -0.39 is 0 Å².